The molecule has 1 aliphatic rings. The van der Waals surface area contributed by atoms with Gasteiger partial charge in [0.1, 0.15) is 19.0 Å². The molecule has 30 heavy (non-hydrogen) atoms. The lowest BCUT2D eigenvalue weighted by Gasteiger charge is -2.44. The summed E-state index contributed by atoms with van der Waals surface area (Å²) >= 11 is 0. The van der Waals surface area contributed by atoms with Crippen molar-refractivity contribution in [3.63, 3.8) is 0 Å². The van der Waals surface area contributed by atoms with Crippen LogP contribution in [0.25, 0.3) is 0 Å². The Labute approximate surface area is 175 Å². The number of amides is 3. The fourth-order valence-electron chi connectivity index (χ4n) is 3.39. The second-order valence-electron chi connectivity index (χ2n) is 7.25. The Morgan fingerprint density at radius 1 is 1.17 bits per heavy atom. The predicted octanol–water partition coefficient (Wildman–Crippen LogP) is 2.08. The van der Waals surface area contributed by atoms with Crippen LogP contribution in [0.15, 0.2) is 54.6 Å². The third-order valence-electron chi connectivity index (χ3n) is 5.04. The summed E-state index contributed by atoms with van der Waals surface area (Å²) in [6, 6.07) is 17.9. The molecule has 3 rings (SSSR count). The fourth-order valence-corrected chi connectivity index (χ4v) is 3.39. The van der Waals surface area contributed by atoms with E-state index in [4.69, 9.17) is 5.26 Å². The number of carbonyl (C=O) groups excluding carboxylic acids is 2. The van der Waals surface area contributed by atoms with Gasteiger partial charge in [-0.05, 0) is 36.6 Å². The molecule has 0 saturated carbocycles. The van der Waals surface area contributed by atoms with Crippen LogP contribution in [-0.4, -0.2) is 57.8 Å². The molecule has 8 nitrogen and oxygen atoms in total. The van der Waals surface area contributed by atoms with Crippen LogP contribution >= 0.6 is 0 Å². The van der Waals surface area contributed by atoms with Crippen LogP contribution in [0, 0.1) is 11.3 Å². The Morgan fingerprint density at radius 3 is 2.53 bits per heavy atom. The van der Waals surface area contributed by atoms with Gasteiger partial charge < -0.3 is 15.3 Å². The van der Waals surface area contributed by atoms with Gasteiger partial charge in [-0.2, -0.15) is 10.3 Å². The van der Waals surface area contributed by atoms with E-state index >= 15 is 0 Å². The minimum absolute atomic E-state index is 0.0355. The summed E-state index contributed by atoms with van der Waals surface area (Å²) in [5, 5.41) is 24.3. The lowest BCUT2D eigenvalue weighted by Crippen LogP contribution is -2.64. The zero-order chi connectivity index (χ0) is 21.5. The Bertz CT molecular complexity index is 911. The largest absolute Gasteiger partial charge is 0.508 e. The van der Waals surface area contributed by atoms with Crippen LogP contribution in [-0.2, 0) is 17.8 Å². The second-order valence-corrected chi connectivity index (χ2v) is 7.25. The summed E-state index contributed by atoms with van der Waals surface area (Å²) in [5.41, 5.74) is 1.94. The van der Waals surface area contributed by atoms with Crippen molar-refractivity contribution in [2.24, 2.45) is 0 Å². The predicted molar refractivity (Wildman–Crippen MR) is 111 cm³/mol. The van der Waals surface area contributed by atoms with Crippen molar-refractivity contribution in [2.75, 3.05) is 19.8 Å². The van der Waals surface area contributed by atoms with Crippen molar-refractivity contribution < 1.29 is 14.7 Å². The molecular weight excluding hydrogens is 382 g/mol. The topological polar surface area (TPSA) is 99.9 Å². The first-order valence-corrected chi connectivity index (χ1v) is 9.76. The van der Waals surface area contributed by atoms with E-state index < -0.39 is 0 Å². The molecule has 0 radical (unpaired) electrons. The zero-order valence-corrected chi connectivity index (χ0v) is 16.9. The standard InChI is InChI=1S/C22H25N5O3/c1-17(13-18-7-9-20(28)10-8-18)26-16-27(25(12-11-23)15-21(26)29)22(30)24-14-19-5-3-2-4-6-19/h2-10,17,28H,12-16H2,1H3,(H,24,30). The Morgan fingerprint density at radius 2 is 1.87 bits per heavy atom. The monoisotopic (exact) mass is 407 g/mol. The summed E-state index contributed by atoms with van der Waals surface area (Å²) in [5.74, 6) is 0.0532. The van der Waals surface area contributed by atoms with Gasteiger partial charge in [0.2, 0.25) is 5.91 Å². The van der Waals surface area contributed by atoms with Gasteiger partial charge in [-0.15, -0.1) is 0 Å². The number of hydrogen-bond donors (Lipinski definition) is 2. The van der Waals surface area contributed by atoms with Crippen LogP contribution in [0.4, 0.5) is 4.79 Å². The average molecular weight is 407 g/mol. The van der Waals surface area contributed by atoms with Crippen LogP contribution in [0.5, 0.6) is 5.75 Å². The first-order chi connectivity index (χ1) is 14.5. The third-order valence-corrected chi connectivity index (χ3v) is 5.04. The summed E-state index contributed by atoms with van der Waals surface area (Å²) in [6.45, 7) is 2.26. The molecule has 1 atom stereocenters. The number of benzene rings is 2. The lowest BCUT2D eigenvalue weighted by atomic mass is 10.1. The Balaban J connectivity index is 1.68. The van der Waals surface area contributed by atoms with E-state index in [0.29, 0.717) is 13.0 Å². The number of nitrogens with zero attached hydrogens (tertiary/aromatic N) is 4. The number of nitrogens with one attached hydrogen (secondary N) is 1. The minimum atomic E-state index is -0.358. The molecule has 2 aromatic carbocycles. The Hall–Kier alpha value is -3.57. The normalized spacial score (nSPS) is 15.5. The molecule has 1 aliphatic heterocycles. The number of nitriles is 1. The molecule has 1 heterocycles. The van der Waals surface area contributed by atoms with Crippen molar-refractivity contribution in [2.45, 2.75) is 25.9 Å². The maximum Gasteiger partial charge on any atom is 0.333 e. The summed E-state index contributed by atoms with van der Waals surface area (Å²) in [4.78, 5) is 27.2. The van der Waals surface area contributed by atoms with Gasteiger partial charge in [-0.3, -0.25) is 4.79 Å². The first-order valence-electron chi connectivity index (χ1n) is 9.76. The smallest absolute Gasteiger partial charge is 0.333 e. The zero-order valence-electron chi connectivity index (χ0n) is 16.9. The molecule has 156 valence electrons. The van der Waals surface area contributed by atoms with Crippen molar-refractivity contribution in [1.29, 1.82) is 5.26 Å². The molecule has 0 bridgehead atoms. The molecular formula is C22H25N5O3. The maximum atomic E-state index is 12.8. The van der Waals surface area contributed by atoms with Crippen LogP contribution in [0.1, 0.15) is 18.1 Å². The van der Waals surface area contributed by atoms with Crippen molar-refractivity contribution in [3.05, 3.63) is 65.7 Å². The maximum absolute atomic E-state index is 12.8. The van der Waals surface area contributed by atoms with Gasteiger partial charge in [0.15, 0.2) is 0 Å². The van der Waals surface area contributed by atoms with E-state index in [9.17, 15) is 14.7 Å². The number of phenols is 1. The fraction of sp³-hybridized carbons (Fsp3) is 0.318. The van der Waals surface area contributed by atoms with Gasteiger partial charge in [0.25, 0.3) is 0 Å². The van der Waals surface area contributed by atoms with Gasteiger partial charge in [0.05, 0.1) is 12.6 Å². The molecule has 0 spiro atoms. The van der Waals surface area contributed by atoms with Crippen LogP contribution in [0.2, 0.25) is 0 Å². The van der Waals surface area contributed by atoms with E-state index in [1.807, 2.05) is 55.5 Å². The lowest BCUT2D eigenvalue weighted by molar-refractivity contribution is -0.154. The van der Waals surface area contributed by atoms with Gasteiger partial charge in [-0.1, -0.05) is 42.5 Å². The number of hydrogen-bond acceptors (Lipinski definition) is 5. The highest BCUT2D eigenvalue weighted by molar-refractivity contribution is 5.82. The number of hydrazine groups is 1. The summed E-state index contributed by atoms with van der Waals surface area (Å²) in [7, 11) is 0. The summed E-state index contributed by atoms with van der Waals surface area (Å²) in [6.07, 6.45) is 0.587. The molecule has 8 heteroatoms. The molecule has 1 fully saturated rings. The van der Waals surface area contributed by atoms with Crippen molar-refractivity contribution in [3.8, 4) is 11.8 Å². The third kappa shape index (κ3) is 5.27. The molecule has 0 aromatic heterocycles. The SMILES string of the molecule is CC(Cc1ccc(O)cc1)N1CN(C(=O)NCc2ccccc2)N(CC#N)CC1=O. The average Bonchev–Trinajstić information content (AvgIpc) is 2.74. The van der Waals surface area contributed by atoms with E-state index in [1.54, 1.807) is 17.0 Å². The number of phenolic OH excluding ortho intramolecular Hbond substituents is 1. The number of rotatable bonds is 6. The van der Waals surface area contributed by atoms with E-state index in [1.165, 1.54) is 10.0 Å². The molecule has 3 amide bonds. The molecule has 0 aliphatic carbocycles. The highest BCUT2D eigenvalue weighted by Gasteiger charge is 2.35. The molecule has 1 unspecified atom stereocenters. The number of aromatic hydroxyl groups is 1. The van der Waals surface area contributed by atoms with Crippen molar-refractivity contribution in [1.82, 2.24) is 20.2 Å². The number of urea groups is 1. The van der Waals surface area contributed by atoms with E-state index in [2.05, 4.69) is 5.32 Å². The molecule has 2 aromatic rings. The van der Waals surface area contributed by atoms with Crippen molar-refractivity contribution >= 4 is 11.9 Å². The minimum Gasteiger partial charge on any atom is -0.508 e. The van der Waals surface area contributed by atoms with Crippen LogP contribution in [0.3, 0.4) is 0 Å². The highest BCUT2D eigenvalue weighted by atomic mass is 16.3. The number of carbonyl (C=O) groups is 2. The van der Waals surface area contributed by atoms with E-state index in [0.717, 1.165) is 11.1 Å². The van der Waals surface area contributed by atoms with Gasteiger partial charge >= 0.3 is 6.03 Å². The van der Waals surface area contributed by atoms with Crippen LogP contribution < -0.4 is 5.32 Å². The molecule has 2 N–H and O–H groups in total. The van der Waals surface area contributed by atoms with Gasteiger partial charge in [-0.25, -0.2) is 9.80 Å². The van der Waals surface area contributed by atoms with Gasteiger partial charge in [0, 0.05) is 12.6 Å². The molecule has 1 saturated heterocycles. The quantitative estimate of drug-likeness (QED) is 0.714. The first kappa shape index (κ1) is 21.1. The second kappa shape index (κ2) is 9.76. The Kier molecular flexibility index (Phi) is 6.88. The highest BCUT2D eigenvalue weighted by Crippen LogP contribution is 2.18. The van der Waals surface area contributed by atoms with E-state index in [-0.39, 0.29) is 43.5 Å². The summed E-state index contributed by atoms with van der Waals surface area (Å²) < 4.78 is 0.